The molecule has 0 saturated carbocycles. The van der Waals surface area contributed by atoms with E-state index in [1.165, 1.54) is 6.33 Å². The van der Waals surface area contributed by atoms with Crippen molar-refractivity contribution in [2.24, 2.45) is 0 Å². The first-order valence-corrected chi connectivity index (χ1v) is 8.60. The summed E-state index contributed by atoms with van der Waals surface area (Å²) in [5, 5.41) is 13.5. The van der Waals surface area contributed by atoms with Gasteiger partial charge in [-0.2, -0.15) is 10.4 Å². The molecule has 8 heteroatoms. The van der Waals surface area contributed by atoms with Crippen LogP contribution in [-0.2, 0) is 15.9 Å². The molecule has 0 N–H and O–H groups in total. The molecule has 136 valence electrons. The minimum atomic E-state index is -0.499. The largest absolute Gasteiger partial charge is 0.494 e. The molecule has 0 amide bonds. The number of ether oxygens (including phenoxy) is 1. The van der Waals surface area contributed by atoms with E-state index in [2.05, 4.69) is 16.2 Å². The Kier molecular flexibility index (Phi) is 4.78. The second kappa shape index (κ2) is 6.74. The van der Waals surface area contributed by atoms with Crippen molar-refractivity contribution in [2.45, 2.75) is 58.5 Å². The van der Waals surface area contributed by atoms with Gasteiger partial charge in [0.2, 0.25) is 0 Å². The third-order valence-electron chi connectivity index (χ3n) is 4.89. The highest BCUT2D eigenvalue weighted by Gasteiger charge is 2.51. The Bertz CT molecular complexity index is 798. The summed E-state index contributed by atoms with van der Waals surface area (Å²) in [6.45, 7) is 10.5. The third-order valence-corrected chi connectivity index (χ3v) is 4.89. The molecule has 1 atom stereocenters. The minimum Gasteiger partial charge on any atom is -0.487 e. The van der Waals surface area contributed by atoms with Gasteiger partial charge in [0, 0.05) is 0 Å². The Labute approximate surface area is 154 Å². The summed E-state index contributed by atoms with van der Waals surface area (Å²) in [5.74, 6) is 0.507. The van der Waals surface area contributed by atoms with Crippen molar-refractivity contribution < 1.29 is 14.0 Å². The zero-order valence-electron chi connectivity index (χ0n) is 15.8. The van der Waals surface area contributed by atoms with Gasteiger partial charge >= 0.3 is 7.12 Å². The molecular formula is C18H23BN4O3. The Hall–Kier alpha value is -2.37. The molecule has 2 heterocycles. The molecule has 3 rings (SSSR count). The van der Waals surface area contributed by atoms with E-state index in [1.54, 1.807) is 17.1 Å². The highest BCUT2D eigenvalue weighted by molar-refractivity contribution is 6.62. The Balaban J connectivity index is 1.80. The van der Waals surface area contributed by atoms with E-state index in [-0.39, 0.29) is 6.10 Å². The predicted octanol–water partition coefficient (Wildman–Crippen LogP) is 1.92. The molecule has 26 heavy (non-hydrogen) atoms. The zero-order chi connectivity index (χ0) is 18.9. The highest BCUT2D eigenvalue weighted by atomic mass is 16.7. The Morgan fingerprint density at radius 3 is 2.54 bits per heavy atom. The lowest BCUT2D eigenvalue weighted by Gasteiger charge is -2.32. The Morgan fingerprint density at radius 1 is 1.27 bits per heavy atom. The normalized spacial score (nSPS) is 19.2. The fraction of sp³-hybridized carbons (Fsp3) is 0.500. The third kappa shape index (κ3) is 3.59. The van der Waals surface area contributed by atoms with Crippen molar-refractivity contribution in [3.8, 4) is 11.8 Å². The smallest absolute Gasteiger partial charge is 0.487 e. The summed E-state index contributed by atoms with van der Waals surface area (Å²) in [4.78, 5) is 3.92. The number of benzene rings is 1. The minimum absolute atomic E-state index is 0.183. The van der Waals surface area contributed by atoms with E-state index in [9.17, 15) is 5.26 Å². The number of hydrogen-bond acceptors (Lipinski definition) is 6. The van der Waals surface area contributed by atoms with E-state index in [0.29, 0.717) is 17.9 Å². The van der Waals surface area contributed by atoms with Gasteiger partial charge in [-0.15, -0.1) is 0 Å². The Morgan fingerprint density at radius 2 is 1.96 bits per heavy atom. The van der Waals surface area contributed by atoms with Crippen LogP contribution in [0.3, 0.4) is 0 Å². The van der Waals surface area contributed by atoms with Crippen LogP contribution in [0.25, 0.3) is 0 Å². The summed E-state index contributed by atoms with van der Waals surface area (Å²) >= 11 is 0. The summed E-state index contributed by atoms with van der Waals surface area (Å²) in [6, 6.07) is 7.56. The van der Waals surface area contributed by atoms with Crippen molar-refractivity contribution in [1.82, 2.24) is 14.8 Å². The average molecular weight is 354 g/mol. The van der Waals surface area contributed by atoms with Crippen LogP contribution in [0.2, 0.25) is 0 Å². The van der Waals surface area contributed by atoms with E-state index in [0.717, 1.165) is 5.46 Å². The van der Waals surface area contributed by atoms with Gasteiger partial charge in [-0.25, -0.2) is 9.67 Å². The number of aromatic nitrogens is 3. The quantitative estimate of drug-likeness (QED) is 0.763. The van der Waals surface area contributed by atoms with Gasteiger partial charge in [-0.1, -0.05) is 6.07 Å². The molecule has 1 fully saturated rings. The molecular weight excluding hydrogens is 331 g/mol. The van der Waals surface area contributed by atoms with Gasteiger partial charge in [0.1, 0.15) is 30.6 Å². The van der Waals surface area contributed by atoms with Gasteiger partial charge in [0.05, 0.1) is 23.3 Å². The summed E-state index contributed by atoms with van der Waals surface area (Å²) in [5.41, 5.74) is 0.446. The average Bonchev–Trinajstić information content (AvgIpc) is 3.13. The van der Waals surface area contributed by atoms with Crippen molar-refractivity contribution in [3.05, 3.63) is 36.4 Å². The topological polar surface area (TPSA) is 82.2 Å². The molecule has 7 nitrogen and oxygen atoms in total. The molecule has 0 radical (unpaired) electrons. The lowest BCUT2D eigenvalue weighted by molar-refractivity contribution is 0.00578. The van der Waals surface area contributed by atoms with E-state index in [1.807, 2.05) is 46.8 Å². The van der Waals surface area contributed by atoms with Crippen LogP contribution in [-0.4, -0.2) is 39.2 Å². The SMILES string of the molecule is C[C@@H](Cn1cncn1)Oc1cc(B2OC(C)(C)C(C)(C)O2)ccc1C#N. The standard InChI is InChI=1S/C18H23BN4O3/c1-13(10-23-12-21-11-22-23)24-16-8-15(7-6-14(16)9-20)19-25-17(2,3)18(4,5)26-19/h6-8,11-13H,10H2,1-5H3/t13-/m0/s1. The van der Waals surface area contributed by atoms with Crippen LogP contribution in [0.5, 0.6) is 5.75 Å². The van der Waals surface area contributed by atoms with E-state index >= 15 is 0 Å². The molecule has 0 unspecified atom stereocenters. The maximum absolute atomic E-state index is 9.39. The first kappa shape index (κ1) is 18.4. The first-order valence-electron chi connectivity index (χ1n) is 8.60. The van der Waals surface area contributed by atoms with Gasteiger partial charge in [-0.3, -0.25) is 0 Å². The molecule has 1 aliphatic rings. The van der Waals surface area contributed by atoms with Crippen LogP contribution < -0.4 is 10.2 Å². The molecule has 1 aromatic carbocycles. The maximum Gasteiger partial charge on any atom is 0.494 e. The number of nitriles is 1. The van der Waals surface area contributed by atoms with Crippen LogP contribution in [0.15, 0.2) is 30.9 Å². The summed E-state index contributed by atoms with van der Waals surface area (Å²) in [7, 11) is -0.499. The van der Waals surface area contributed by atoms with Crippen molar-refractivity contribution >= 4 is 12.6 Å². The van der Waals surface area contributed by atoms with Gasteiger partial charge < -0.3 is 14.0 Å². The lowest BCUT2D eigenvalue weighted by Crippen LogP contribution is -2.41. The van der Waals surface area contributed by atoms with Crippen molar-refractivity contribution in [2.75, 3.05) is 0 Å². The van der Waals surface area contributed by atoms with Crippen LogP contribution in [0.1, 0.15) is 40.2 Å². The monoisotopic (exact) mass is 354 g/mol. The van der Waals surface area contributed by atoms with Crippen LogP contribution in [0.4, 0.5) is 0 Å². The second-order valence-electron chi connectivity index (χ2n) is 7.50. The highest BCUT2D eigenvalue weighted by Crippen LogP contribution is 2.36. The molecule has 0 bridgehead atoms. The van der Waals surface area contributed by atoms with Crippen LogP contribution >= 0.6 is 0 Å². The zero-order valence-corrected chi connectivity index (χ0v) is 15.8. The molecule has 1 aliphatic heterocycles. The number of rotatable bonds is 5. The maximum atomic E-state index is 9.39. The van der Waals surface area contributed by atoms with Gasteiger partial charge in [0.15, 0.2) is 0 Å². The lowest BCUT2D eigenvalue weighted by atomic mass is 9.78. The molecule has 0 spiro atoms. The molecule has 1 aromatic heterocycles. The van der Waals surface area contributed by atoms with Gasteiger partial charge in [0.25, 0.3) is 0 Å². The van der Waals surface area contributed by atoms with Crippen LogP contribution in [0, 0.1) is 11.3 Å². The predicted molar refractivity (Wildman–Crippen MR) is 97.0 cm³/mol. The van der Waals surface area contributed by atoms with E-state index < -0.39 is 18.3 Å². The molecule has 1 saturated heterocycles. The fourth-order valence-electron chi connectivity index (χ4n) is 2.70. The molecule has 0 aliphatic carbocycles. The number of hydrogen-bond donors (Lipinski definition) is 0. The molecule has 2 aromatic rings. The van der Waals surface area contributed by atoms with E-state index in [4.69, 9.17) is 14.0 Å². The van der Waals surface area contributed by atoms with Gasteiger partial charge in [-0.05, 0) is 52.2 Å². The number of nitrogens with zero attached hydrogens (tertiary/aromatic N) is 4. The van der Waals surface area contributed by atoms with Crippen molar-refractivity contribution in [1.29, 1.82) is 5.26 Å². The summed E-state index contributed by atoms with van der Waals surface area (Å²) in [6.07, 6.45) is 2.93. The van der Waals surface area contributed by atoms with Crippen molar-refractivity contribution in [3.63, 3.8) is 0 Å². The summed E-state index contributed by atoms with van der Waals surface area (Å²) < 4.78 is 19.9. The fourth-order valence-corrected chi connectivity index (χ4v) is 2.70. The second-order valence-corrected chi connectivity index (χ2v) is 7.50. The first-order chi connectivity index (χ1) is 12.2.